The molecule has 0 spiro atoms. The lowest BCUT2D eigenvalue weighted by Gasteiger charge is -2.35. The molecule has 1 N–H and O–H groups in total. The molecule has 1 atom stereocenters. The van der Waals surface area contributed by atoms with Crippen molar-refractivity contribution in [3.63, 3.8) is 0 Å². The van der Waals surface area contributed by atoms with Crippen LogP contribution < -0.4 is 9.62 Å². The Morgan fingerprint density at radius 1 is 1.25 bits per heavy atom. The Bertz CT molecular complexity index is 875. The van der Waals surface area contributed by atoms with Crippen molar-refractivity contribution in [3.8, 4) is 0 Å². The quantitative estimate of drug-likeness (QED) is 0.755. The van der Waals surface area contributed by atoms with Gasteiger partial charge < -0.3 is 10.1 Å². The zero-order valence-electron chi connectivity index (χ0n) is 16.7. The minimum absolute atomic E-state index is 0.187. The lowest BCUT2D eigenvalue weighted by molar-refractivity contribution is -0.152. The maximum Gasteiger partial charge on any atom is 0.331 e. The summed E-state index contributed by atoms with van der Waals surface area (Å²) in [7, 11) is -3.38. The number of carbonyl (C=O) groups excluding carboxylic acids is 2. The molecule has 1 aromatic rings. The topological polar surface area (TPSA) is 92.8 Å². The van der Waals surface area contributed by atoms with Crippen LogP contribution in [-0.2, 0) is 26.0 Å². The summed E-state index contributed by atoms with van der Waals surface area (Å²) in [6.07, 6.45) is 5.64. The van der Waals surface area contributed by atoms with E-state index in [1.807, 2.05) is 6.92 Å². The first kappa shape index (κ1) is 20.6. The molecule has 1 saturated carbocycles. The normalized spacial score (nSPS) is 21.1. The second-order valence-corrected chi connectivity index (χ2v) is 9.63. The van der Waals surface area contributed by atoms with E-state index < -0.39 is 15.6 Å². The van der Waals surface area contributed by atoms with Crippen molar-refractivity contribution in [2.75, 3.05) is 17.2 Å². The van der Waals surface area contributed by atoms with E-state index in [2.05, 4.69) is 5.32 Å². The number of carbonyl (C=O) groups is 2. The SMILES string of the molecule is CCOC(=O)C1(NC(=O)c2ccc3c(c2)CC(C)N3S(C)(=O)=O)CCCCC1. The van der Waals surface area contributed by atoms with Gasteiger partial charge in [-0.15, -0.1) is 0 Å². The van der Waals surface area contributed by atoms with E-state index in [4.69, 9.17) is 4.74 Å². The Morgan fingerprint density at radius 3 is 2.54 bits per heavy atom. The number of anilines is 1. The highest BCUT2D eigenvalue weighted by Crippen LogP contribution is 2.35. The summed E-state index contributed by atoms with van der Waals surface area (Å²) < 4.78 is 30.8. The van der Waals surface area contributed by atoms with Crippen molar-refractivity contribution in [2.24, 2.45) is 0 Å². The van der Waals surface area contributed by atoms with E-state index in [1.165, 1.54) is 10.6 Å². The zero-order valence-corrected chi connectivity index (χ0v) is 17.5. The van der Waals surface area contributed by atoms with Crippen LogP contribution in [0.15, 0.2) is 18.2 Å². The van der Waals surface area contributed by atoms with Crippen LogP contribution in [-0.4, -0.2) is 44.7 Å². The van der Waals surface area contributed by atoms with Crippen LogP contribution in [0.1, 0.15) is 61.9 Å². The van der Waals surface area contributed by atoms with E-state index in [0.717, 1.165) is 24.8 Å². The number of sulfonamides is 1. The molecule has 8 heteroatoms. The largest absolute Gasteiger partial charge is 0.464 e. The molecule has 154 valence electrons. The summed E-state index contributed by atoms with van der Waals surface area (Å²) in [6.45, 7) is 3.87. The molecule has 1 aromatic carbocycles. The van der Waals surface area contributed by atoms with E-state index in [1.54, 1.807) is 25.1 Å². The molecule has 1 amide bonds. The van der Waals surface area contributed by atoms with Gasteiger partial charge in [0, 0.05) is 11.6 Å². The van der Waals surface area contributed by atoms with Crippen molar-refractivity contribution in [2.45, 2.75) is 64.0 Å². The number of hydrogen-bond donors (Lipinski definition) is 1. The van der Waals surface area contributed by atoms with E-state index in [-0.39, 0.29) is 24.5 Å². The monoisotopic (exact) mass is 408 g/mol. The second kappa shape index (κ2) is 7.73. The van der Waals surface area contributed by atoms with Crippen LogP contribution in [0.2, 0.25) is 0 Å². The molecule has 0 saturated heterocycles. The summed E-state index contributed by atoms with van der Waals surface area (Å²) in [6, 6.07) is 4.83. The molecule has 1 unspecified atom stereocenters. The summed E-state index contributed by atoms with van der Waals surface area (Å²) in [5.74, 6) is -0.704. The highest BCUT2D eigenvalue weighted by molar-refractivity contribution is 7.92. The Balaban J connectivity index is 1.85. The van der Waals surface area contributed by atoms with Crippen molar-refractivity contribution < 1.29 is 22.7 Å². The van der Waals surface area contributed by atoms with Gasteiger partial charge in [0.25, 0.3) is 5.91 Å². The molecule has 1 aliphatic carbocycles. The van der Waals surface area contributed by atoms with Crippen LogP contribution >= 0.6 is 0 Å². The van der Waals surface area contributed by atoms with Gasteiger partial charge in [-0.2, -0.15) is 0 Å². The average Bonchev–Trinajstić information content (AvgIpc) is 2.97. The fourth-order valence-electron chi connectivity index (χ4n) is 4.34. The smallest absolute Gasteiger partial charge is 0.331 e. The maximum absolute atomic E-state index is 12.9. The van der Waals surface area contributed by atoms with Crippen LogP contribution in [0.5, 0.6) is 0 Å². The Hall–Kier alpha value is -2.09. The van der Waals surface area contributed by atoms with E-state index in [0.29, 0.717) is 30.5 Å². The number of esters is 1. The lowest BCUT2D eigenvalue weighted by atomic mass is 9.81. The van der Waals surface area contributed by atoms with E-state index >= 15 is 0 Å². The first-order valence-electron chi connectivity index (χ1n) is 9.80. The summed E-state index contributed by atoms with van der Waals surface area (Å²) >= 11 is 0. The molecular formula is C20H28N2O5S. The summed E-state index contributed by atoms with van der Waals surface area (Å²) in [5.41, 5.74) is 0.885. The number of nitrogens with one attached hydrogen (secondary N) is 1. The van der Waals surface area contributed by atoms with Gasteiger partial charge >= 0.3 is 5.97 Å². The number of hydrogen-bond acceptors (Lipinski definition) is 5. The molecule has 0 aromatic heterocycles. The van der Waals surface area contributed by atoms with Gasteiger partial charge in [0.15, 0.2) is 0 Å². The molecule has 1 aliphatic heterocycles. The first-order chi connectivity index (χ1) is 13.2. The zero-order chi connectivity index (χ0) is 20.5. The van der Waals surface area contributed by atoms with Gasteiger partial charge in [0.05, 0.1) is 18.6 Å². The highest BCUT2D eigenvalue weighted by Gasteiger charge is 2.42. The van der Waals surface area contributed by atoms with Gasteiger partial charge in [-0.25, -0.2) is 13.2 Å². The molecule has 28 heavy (non-hydrogen) atoms. The summed E-state index contributed by atoms with van der Waals surface area (Å²) in [5, 5.41) is 2.93. The predicted molar refractivity (Wildman–Crippen MR) is 107 cm³/mol. The van der Waals surface area contributed by atoms with Crippen LogP contribution in [0.3, 0.4) is 0 Å². The maximum atomic E-state index is 12.9. The minimum atomic E-state index is -3.38. The second-order valence-electron chi connectivity index (χ2n) is 7.77. The van der Waals surface area contributed by atoms with Gasteiger partial charge in [0.2, 0.25) is 10.0 Å². The highest BCUT2D eigenvalue weighted by atomic mass is 32.2. The van der Waals surface area contributed by atoms with Crippen molar-refractivity contribution >= 4 is 27.6 Å². The van der Waals surface area contributed by atoms with Crippen LogP contribution in [0.4, 0.5) is 5.69 Å². The van der Waals surface area contributed by atoms with E-state index in [9.17, 15) is 18.0 Å². The predicted octanol–water partition coefficient (Wildman–Crippen LogP) is 2.39. The third kappa shape index (κ3) is 3.87. The fourth-order valence-corrected chi connectivity index (χ4v) is 5.61. The number of nitrogens with zero attached hydrogens (tertiary/aromatic N) is 1. The molecule has 3 rings (SSSR count). The Labute approximate surface area is 166 Å². The van der Waals surface area contributed by atoms with Crippen molar-refractivity contribution in [3.05, 3.63) is 29.3 Å². The number of ether oxygens (including phenoxy) is 1. The molecule has 2 aliphatic rings. The summed E-state index contributed by atoms with van der Waals surface area (Å²) in [4.78, 5) is 25.5. The molecule has 0 radical (unpaired) electrons. The number of fused-ring (bicyclic) bond motifs is 1. The molecule has 1 heterocycles. The molecular weight excluding hydrogens is 380 g/mol. The Kier molecular flexibility index (Phi) is 5.70. The van der Waals surface area contributed by atoms with Gasteiger partial charge in [-0.05, 0) is 56.9 Å². The Morgan fingerprint density at radius 2 is 1.93 bits per heavy atom. The van der Waals surface area contributed by atoms with Crippen LogP contribution in [0, 0.1) is 0 Å². The molecule has 1 fully saturated rings. The lowest BCUT2D eigenvalue weighted by Crippen LogP contribution is -2.56. The third-order valence-corrected chi connectivity index (χ3v) is 6.85. The average molecular weight is 409 g/mol. The number of rotatable bonds is 5. The standard InChI is InChI=1S/C20H28N2O5S/c1-4-27-19(24)20(10-6-5-7-11-20)21-18(23)15-8-9-17-16(13-15)12-14(2)22(17)28(3,25)26/h8-9,13-14H,4-7,10-12H2,1-3H3,(H,21,23). The van der Waals surface area contributed by atoms with Crippen molar-refractivity contribution in [1.29, 1.82) is 0 Å². The number of benzene rings is 1. The van der Waals surface area contributed by atoms with Crippen LogP contribution in [0.25, 0.3) is 0 Å². The molecule has 0 bridgehead atoms. The van der Waals surface area contributed by atoms with Gasteiger partial charge in [0.1, 0.15) is 5.54 Å². The third-order valence-electron chi connectivity index (χ3n) is 5.58. The molecule has 7 nitrogen and oxygen atoms in total. The van der Waals surface area contributed by atoms with Crippen molar-refractivity contribution in [1.82, 2.24) is 5.32 Å². The first-order valence-corrected chi connectivity index (χ1v) is 11.6. The minimum Gasteiger partial charge on any atom is -0.464 e. The number of amides is 1. The fraction of sp³-hybridized carbons (Fsp3) is 0.600. The van der Waals surface area contributed by atoms with Gasteiger partial charge in [-0.1, -0.05) is 19.3 Å². The van der Waals surface area contributed by atoms with Gasteiger partial charge in [-0.3, -0.25) is 9.10 Å².